The molecule has 0 aromatic carbocycles. The molecule has 0 aliphatic rings. The Balaban J connectivity index is 2.35. The van der Waals surface area contributed by atoms with E-state index in [1.165, 1.54) is 0 Å². The van der Waals surface area contributed by atoms with Gasteiger partial charge < -0.3 is 14.8 Å². The van der Waals surface area contributed by atoms with E-state index < -0.39 is 5.60 Å². The molecule has 0 radical (unpaired) electrons. The first-order valence-corrected chi connectivity index (χ1v) is 5.80. The highest BCUT2D eigenvalue weighted by atomic mass is 16.4. The smallest absolute Gasteiger partial charge is 0.208 e. The van der Waals surface area contributed by atoms with Gasteiger partial charge in [-0.25, -0.2) is 4.98 Å². The fourth-order valence-electron chi connectivity index (χ4n) is 1.68. The lowest BCUT2D eigenvalue weighted by Gasteiger charge is -2.22. The maximum atomic E-state index is 9.94. The standard InChI is InChI=1S/C12H22N2O2/c1-5-6-12(4,15)8-13-7-11-14-9(2)10(3)16-11/h13,15H,5-8H2,1-4H3. The Labute approximate surface area is 97.1 Å². The van der Waals surface area contributed by atoms with Crippen LogP contribution in [0, 0.1) is 13.8 Å². The lowest BCUT2D eigenvalue weighted by molar-refractivity contribution is 0.0493. The van der Waals surface area contributed by atoms with Gasteiger partial charge in [0.15, 0.2) is 0 Å². The van der Waals surface area contributed by atoms with Crippen LogP contribution in [-0.4, -0.2) is 22.2 Å². The van der Waals surface area contributed by atoms with Gasteiger partial charge in [0.25, 0.3) is 0 Å². The van der Waals surface area contributed by atoms with Gasteiger partial charge in [-0.3, -0.25) is 0 Å². The van der Waals surface area contributed by atoms with Crippen molar-refractivity contribution < 1.29 is 9.52 Å². The highest BCUT2D eigenvalue weighted by Crippen LogP contribution is 2.11. The van der Waals surface area contributed by atoms with Crippen molar-refractivity contribution in [3.8, 4) is 0 Å². The monoisotopic (exact) mass is 226 g/mol. The van der Waals surface area contributed by atoms with Gasteiger partial charge in [0.05, 0.1) is 17.8 Å². The molecule has 4 heteroatoms. The third-order valence-electron chi connectivity index (χ3n) is 2.64. The Hall–Kier alpha value is -0.870. The van der Waals surface area contributed by atoms with Crippen molar-refractivity contribution in [2.75, 3.05) is 6.54 Å². The molecule has 1 aromatic heterocycles. The Bertz CT molecular complexity index is 312. The van der Waals surface area contributed by atoms with Crippen molar-refractivity contribution in [3.05, 3.63) is 17.3 Å². The van der Waals surface area contributed by atoms with E-state index in [1.807, 2.05) is 20.8 Å². The van der Waals surface area contributed by atoms with Gasteiger partial charge in [-0.05, 0) is 27.2 Å². The maximum absolute atomic E-state index is 9.94. The minimum Gasteiger partial charge on any atom is -0.444 e. The fraction of sp³-hybridized carbons (Fsp3) is 0.750. The zero-order valence-electron chi connectivity index (χ0n) is 10.6. The highest BCUT2D eigenvalue weighted by Gasteiger charge is 2.18. The molecule has 0 saturated heterocycles. The van der Waals surface area contributed by atoms with E-state index in [1.54, 1.807) is 0 Å². The molecule has 16 heavy (non-hydrogen) atoms. The summed E-state index contributed by atoms with van der Waals surface area (Å²) in [7, 11) is 0. The summed E-state index contributed by atoms with van der Waals surface area (Å²) in [5, 5.41) is 13.1. The summed E-state index contributed by atoms with van der Waals surface area (Å²) in [4.78, 5) is 4.26. The molecule has 1 heterocycles. The number of aromatic nitrogens is 1. The number of rotatable bonds is 6. The van der Waals surface area contributed by atoms with Crippen molar-refractivity contribution in [1.82, 2.24) is 10.3 Å². The number of nitrogens with one attached hydrogen (secondary N) is 1. The van der Waals surface area contributed by atoms with Crippen LogP contribution in [0.1, 0.15) is 44.0 Å². The van der Waals surface area contributed by atoms with Crippen molar-refractivity contribution in [2.24, 2.45) is 0 Å². The summed E-state index contributed by atoms with van der Waals surface area (Å²) in [6.45, 7) is 8.86. The third kappa shape index (κ3) is 3.94. The third-order valence-corrected chi connectivity index (χ3v) is 2.64. The van der Waals surface area contributed by atoms with Gasteiger partial charge in [-0.15, -0.1) is 0 Å². The number of nitrogens with zero attached hydrogens (tertiary/aromatic N) is 1. The second kappa shape index (κ2) is 5.46. The van der Waals surface area contributed by atoms with E-state index in [0.29, 0.717) is 19.0 Å². The average Bonchev–Trinajstić information content (AvgIpc) is 2.45. The van der Waals surface area contributed by atoms with E-state index in [4.69, 9.17) is 4.42 Å². The van der Waals surface area contributed by atoms with Gasteiger partial charge in [0.2, 0.25) is 5.89 Å². The molecule has 0 aliphatic heterocycles. The number of aryl methyl sites for hydroxylation is 2. The first kappa shape index (κ1) is 13.2. The van der Waals surface area contributed by atoms with Crippen LogP contribution in [0.4, 0.5) is 0 Å². The van der Waals surface area contributed by atoms with Crippen LogP contribution in [0.2, 0.25) is 0 Å². The van der Waals surface area contributed by atoms with Crippen LogP contribution in [0.5, 0.6) is 0 Å². The Morgan fingerprint density at radius 2 is 2.12 bits per heavy atom. The Morgan fingerprint density at radius 3 is 2.62 bits per heavy atom. The molecule has 0 bridgehead atoms. The van der Waals surface area contributed by atoms with Gasteiger partial charge in [-0.2, -0.15) is 0 Å². The zero-order chi connectivity index (χ0) is 12.2. The summed E-state index contributed by atoms with van der Waals surface area (Å²) in [5.74, 6) is 1.54. The molecule has 2 N–H and O–H groups in total. The largest absolute Gasteiger partial charge is 0.444 e. The minimum atomic E-state index is -0.647. The molecule has 92 valence electrons. The zero-order valence-corrected chi connectivity index (χ0v) is 10.6. The highest BCUT2D eigenvalue weighted by molar-refractivity contribution is 5.05. The number of hydrogen-bond donors (Lipinski definition) is 2. The van der Waals surface area contributed by atoms with E-state index in [0.717, 1.165) is 24.3 Å². The van der Waals surface area contributed by atoms with Crippen LogP contribution in [-0.2, 0) is 6.54 Å². The summed E-state index contributed by atoms with van der Waals surface area (Å²) in [6, 6.07) is 0. The van der Waals surface area contributed by atoms with Crippen LogP contribution < -0.4 is 5.32 Å². The summed E-state index contributed by atoms with van der Waals surface area (Å²) in [6.07, 6.45) is 1.77. The molecule has 4 nitrogen and oxygen atoms in total. The average molecular weight is 226 g/mol. The molecule has 1 aromatic rings. The van der Waals surface area contributed by atoms with Crippen LogP contribution >= 0.6 is 0 Å². The van der Waals surface area contributed by atoms with Gasteiger partial charge in [0, 0.05) is 6.54 Å². The second-order valence-corrected chi connectivity index (χ2v) is 4.60. The van der Waals surface area contributed by atoms with Crippen LogP contribution in [0.25, 0.3) is 0 Å². The molecule has 0 amide bonds. The van der Waals surface area contributed by atoms with Crippen molar-refractivity contribution >= 4 is 0 Å². The number of oxazole rings is 1. The Kier molecular flexibility index (Phi) is 4.50. The SMILES string of the molecule is CCCC(C)(O)CNCc1nc(C)c(C)o1. The van der Waals surface area contributed by atoms with Crippen LogP contribution in [0.3, 0.4) is 0 Å². The van der Waals surface area contributed by atoms with Crippen molar-refractivity contribution in [3.63, 3.8) is 0 Å². The molecule has 0 aliphatic carbocycles. The molecule has 0 spiro atoms. The number of aliphatic hydroxyl groups is 1. The van der Waals surface area contributed by atoms with Gasteiger partial charge in [-0.1, -0.05) is 13.3 Å². The Morgan fingerprint density at radius 1 is 1.44 bits per heavy atom. The van der Waals surface area contributed by atoms with Crippen molar-refractivity contribution in [2.45, 2.75) is 52.7 Å². The summed E-state index contributed by atoms with van der Waals surface area (Å²) in [5.41, 5.74) is 0.280. The molecule has 1 rings (SSSR count). The lowest BCUT2D eigenvalue weighted by atomic mass is 10.0. The molecular weight excluding hydrogens is 204 g/mol. The van der Waals surface area contributed by atoms with Crippen molar-refractivity contribution in [1.29, 1.82) is 0 Å². The molecule has 1 unspecified atom stereocenters. The molecule has 1 atom stereocenters. The van der Waals surface area contributed by atoms with E-state index in [9.17, 15) is 5.11 Å². The van der Waals surface area contributed by atoms with Gasteiger partial charge in [0.1, 0.15) is 5.76 Å². The van der Waals surface area contributed by atoms with E-state index in [-0.39, 0.29) is 0 Å². The van der Waals surface area contributed by atoms with E-state index >= 15 is 0 Å². The first-order valence-electron chi connectivity index (χ1n) is 5.80. The van der Waals surface area contributed by atoms with Gasteiger partial charge >= 0.3 is 0 Å². The predicted molar refractivity (Wildman–Crippen MR) is 63.2 cm³/mol. The summed E-state index contributed by atoms with van der Waals surface area (Å²) >= 11 is 0. The quantitative estimate of drug-likeness (QED) is 0.778. The van der Waals surface area contributed by atoms with E-state index in [2.05, 4.69) is 17.2 Å². The van der Waals surface area contributed by atoms with Crippen LogP contribution in [0.15, 0.2) is 4.42 Å². The molecular formula is C12H22N2O2. The topological polar surface area (TPSA) is 58.3 Å². The fourth-order valence-corrected chi connectivity index (χ4v) is 1.68. The molecule has 0 fully saturated rings. The second-order valence-electron chi connectivity index (χ2n) is 4.60. The minimum absolute atomic E-state index is 0.557. The maximum Gasteiger partial charge on any atom is 0.208 e. The molecule has 0 saturated carbocycles. The normalized spacial score (nSPS) is 15.1. The summed E-state index contributed by atoms with van der Waals surface area (Å²) < 4.78 is 5.43. The predicted octanol–water partition coefficient (Wildman–Crippen LogP) is 1.93. The number of hydrogen-bond acceptors (Lipinski definition) is 4. The first-order chi connectivity index (χ1) is 7.44. The lowest BCUT2D eigenvalue weighted by Crippen LogP contribution is -2.37.